The number of hydrogen-bond acceptors (Lipinski definition) is 4. The van der Waals surface area contributed by atoms with Gasteiger partial charge in [-0.15, -0.1) is 0 Å². The Balaban J connectivity index is 2.64. The Hall–Kier alpha value is -1.82. The van der Waals surface area contributed by atoms with Crippen molar-refractivity contribution in [1.82, 2.24) is 5.32 Å². The number of alkyl carbamates (subject to hydrolysis) is 1. The Morgan fingerprint density at radius 2 is 2.00 bits per heavy atom. The number of carbonyl (C=O) groups is 2. The molecule has 0 aromatic heterocycles. The lowest BCUT2D eigenvalue weighted by Gasteiger charge is -2.31. The van der Waals surface area contributed by atoms with Crippen LogP contribution in [-0.4, -0.2) is 40.0 Å². The summed E-state index contributed by atoms with van der Waals surface area (Å²) in [6.07, 6.45) is 5.10. The molecule has 2 unspecified atom stereocenters. The smallest absolute Gasteiger partial charge is 0.407 e. The first-order valence-electron chi connectivity index (χ1n) is 5.92. The zero-order valence-electron chi connectivity index (χ0n) is 11.2. The molecule has 0 fully saturated rings. The van der Waals surface area contributed by atoms with E-state index in [-0.39, 0.29) is 6.54 Å². The summed E-state index contributed by atoms with van der Waals surface area (Å²) < 4.78 is 5.02. The zero-order chi connectivity index (χ0) is 14.7. The molecule has 19 heavy (non-hydrogen) atoms. The van der Waals surface area contributed by atoms with E-state index in [1.807, 2.05) is 0 Å². The lowest BCUT2D eigenvalue weighted by atomic mass is 9.84. The SMILES string of the molecule is CC(C)(C)OC(=O)NCC1(O)C=CC=CC1C(=O)O. The summed E-state index contributed by atoms with van der Waals surface area (Å²) in [6, 6.07) is 0. The van der Waals surface area contributed by atoms with Crippen LogP contribution in [0.15, 0.2) is 24.3 Å². The number of hydrogen-bond donors (Lipinski definition) is 3. The highest BCUT2D eigenvalue weighted by molar-refractivity contribution is 5.75. The number of amides is 1. The van der Waals surface area contributed by atoms with Crippen LogP contribution in [0.25, 0.3) is 0 Å². The first-order valence-corrected chi connectivity index (χ1v) is 5.92. The third kappa shape index (κ3) is 4.40. The van der Waals surface area contributed by atoms with Crippen LogP contribution in [0.2, 0.25) is 0 Å². The van der Waals surface area contributed by atoms with Crippen molar-refractivity contribution in [2.24, 2.45) is 5.92 Å². The van der Waals surface area contributed by atoms with Crippen LogP contribution in [0.5, 0.6) is 0 Å². The fourth-order valence-electron chi connectivity index (χ4n) is 1.66. The Labute approximate surface area is 111 Å². The molecule has 3 N–H and O–H groups in total. The first kappa shape index (κ1) is 15.2. The highest BCUT2D eigenvalue weighted by atomic mass is 16.6. The van der Waals surface area contributed by atoms with Gasteiger partial charge in [0.1, 0.15) is 17.1 Å². The highest BCUT2D eigenvalue weighted by Crippen LogP contribution is 2.24. The van der Waals surface area contributed by atoms with Crippen LogP contribution in [0, 0.1) is 5.92 Å². The number of carbonyl (C=O) groups excluding carboxylic acids is 1. The zero-order valence-corrected chi connectivity index (χ0v) is 11.2. The topological polar surface area (TPSA) is 95.9 Å². The molecular formula is C13H19NO5. The van der Waals surface area contributed by atoms with Gasteiger partial charge >= 0.3 is 12.1 Å². The van der Waals surface area contributed by atoms with Crippen LogP contribution in [0.4, 0.5) is 4.79 Å². The fraction of sp³-hybridized carbons (Fsp3) is 0.538. The van der Waals surface area contributed by atoms with Gasteiger partial charge in [0.25, 0.3) is 0 Å². The minimum absolute atomic E-state index is 0.236. The summed E-state index contributed by atoms with van der Waals surface area (Å²) in [6.45, 7) is 4.90. The minimum Gasteiger partial charge on any atom is -0.481 e. The monoisotopic (exact) mass is 269 g/mol. The summed E-state index contributed by atoms with van der Waals surface area (Å²) >= 11 is 0. The van der Waals surface area contributed by atoms with Crippen molar-refractivity contribution in [2.45, 2.75) is 32.0 Å². The number of aliphatic hydroxyl groups is 1. The normalized spacial score (nSPS) is 26.0. The highest BCUT2D eigenvalue weighted by Gasteiger charge is 2.39. The van der Waals surface area contributed by atoms with Crippen LogP contribution in [0.3, 0.4) is 0 Å². The van der Waals surface area contributed by atoms with Gasteiger partial charge in [0.05, 0.1) is 6.54 Å². The Bertz CT molecular complexity index is 421. The Morgan fingerprint density at radius 1 is 1.37 bits per heavy atom. The van der Waals surface area contributed by atoms with E-state index < -0.39 is 29.2 Å². The summed E-state index contributed by atoms with van der Waals surface area (Å²) in [7, 11) is 0. The van der Waals surface area contributed by atoms with Gasteiger partial charge in [0, 0.05) is 0 Å². The number of aliphatic carboxylic acids is 1. The van der Waals surface area contributed by atoms with E-state index in [0.717, 1.165) is 0 Å². The molecule has 1 amide bonds. The second-order valence-electron chi connectivity index (χ2n) is 5.41. The molecule has 0 aromatic carbocycles. The van der Waals surface area contributed by atoms with Crippen molar-refractivity contribution in [3.63, 3.8) is 0 Å². The average molecular weight is 269 g/mol. The maximum atomic E-state index is 11.5. The molecular weight excluding hydrogens is 250 g/mol. The summed E-state index contributed by atoms with van der Waals surface area (Å²) in [5, 5.41) is 21.7. The molecule has 0 heterocycles. The van der Waals surface area contributed by atoms with Crippen molar-refractivity contribution in [2.75, 3.05) is 6.54 Å². The van der Waals surface area contributed by atoms with Crippen molar-refractivity contribution in [1.29, 1.82) is 0 Å². The van der Waals surface area contributed by atoms with Gasteiger partial charge in [-0.05, 0) is 20.8 Å². The molecule has 6 nitrogen and oxygen atoms in total. The predicted molar refractivity (Wildman–Crippen MR) is 68.6 cm³/mol. The lowest BCUT2D eigenvalue weighted by Crippen LogP contribution is -2.50. The van der Waals surface area contributed by atoms with E-state index in [1.165, 1.54) is 18.2 Å². The van der Waals surface area contributed by atoms with Crippen LogP contribution in [0.1, 0.15) is 20.8 Å². The molecule has 0 spiro atoms. The molecule has 1 aliphatic carbocycles. The van der Waals surface area contributed by atoms with Gasteiger partial charge in [-0.25, -0.2) is 4.79 Å². The maximum absolute atomic E-state index is 11.5. The molecule has 106 valence electrons. The van der Waals surface area contributed by atoms with Crippen molar-refractivity contribution >= 4 is 12.1 Å². The van der Waals surface area contributed by atoms with Crippen molar-refractivity contribution in [3.8, 4) is 0 Å². The Morgan fingerprint density at radius 3 is 2.53 bits per heavy atom. The minimum atomic E-state index is -1.66. The number of carboxylic acid groups (broad SMARTS) is 1. The average Bonchev–Trinajstić information content (AvgIpc) is 2.24. The van der Waals surface area contributed by atoms with Gasteiger partial charge in [-0.3, -0.25) is 4.79 Å². The van der Waals surface area contributed by atoms with E-state index in [9.17, 15) is 14.7 Å². The number of allylic oxidation sites excluding steroid dienone is 2. The molecule has 0 aliphatic heterocycles. The summed E-state index contributed by atoms with van der Waals surface area (Å²) in [5.41, 5.74) is -2.31. The van der Waals surface area contributed by atoms with Gasteiger partial charge in [0.15, 0.2) is 0 Å². The second kappa shape index (κ2) is 5.44. The third-order valence-corrected chi connectivity index (χ3v) is 2.52. The van der Waals surface area contributed by atoms with Crippen molar-refractivity contribution < 1.29 is 24.5 Å². The largest absolute Gasteiger partial charge is 0.481 e. The van der Waals surface area contributed by atoms with Crippen LogP contribution in [-0.2, 0) is 9.53 Å². The third-order valence-electron chi connectivity index (χ3n) is 2.52. The number of rotatable bonds is 3. The lowest BCUT2D eigenvalue weighted by molar-refractivity contribution is -0.146. The number of nitrogens with one attached hydrogen (secondary N) is 1. The van der Waals surface area contributed by atoms with E-state index >= 15 is 0 Å². The van der Waals surface area contributed by atoms with E-state index in [2.05, 4.69) is 5.32 Å². The molecule has 0 saturated carbocycles. The van der Waals surface area contributed by atoms with E-state index in [1.54, 1.807) is 26.8 Å². The molecule has 0 radical (unpaired) electrons. The number of carboxylic acids is 1. The quantitative estimate of drug-likeness (QED) is 0.712. The molecule has 6 heteroatoms. The van der Waals surface area contributed by atoms with Crippen LogP contribution >= 0.6 is 0 Å². The number of ether oxygens (including phenoxy) is 1. The Kier molecular flexibility index (Phi) is 4.36. The van der Waals surface area contributed by atoms with E-state index in [0.29, 0.717) is 0 Å². The second-order valence-corrected chi connectivity index (χ2v) is 5.41. The molecule has 0 bridgehead atoms. The molecule has 1 aliphatic rings. The molecule has 1 rings (SSSR count). The fourth-order valence-corrected chi connectivity index (χ4v) is 1.66. The summed E-state index contributed by atoms with van der Waals surface area (Å²) in [5.74, 6) is -2.26. The molecule has 0 saturated heterocycles. The predicted octanol–water partition coefficient (Wildman–Crippen LogP) is 1.07. The van der Waals surface area contributed by atoms with Crippen molar-refractivity contribution in [3.05, 3.63) is 24.3 Å². The molecule has 0 aromatic rings. The molecule has 2 atom stereocenters. The van der Waals surface area contributed by atoms with Crippen LogP contribution < -0.4 is 5.32 Å². The summed E-state index contributed by atoms with van der Waals surface area (Å²) in [4.78, 5) is 22.5. The van der Waals surface area contributed by atoms with Gasteiger partial charge in [0.2, 0.25) is 0 Å². The maximum Gasteiger partial charge on any atom is 0.407 e. The van der Waals surface area contributed by atoms with Gasteiger partial charge in [-0.2, -0.15) is 0 Å². The van der Waals surface area contributed by atoms with Gasteiger partial charge < -0.3 is 20.3 Å². The first-order chi connectivity index (χ1) is 8.64. The standard InChI is InChI=1S/C13H19NO5/c1-12(2,3)19-11(17)14-8-13(18)7-5-4-6-9(13)10(15)16/h4-7,9,18H,8H2,1-3H3,(H,14,17)(H,15,16). The van der Waals surface area contributed by atoms with Gasteiger partial charge in [-0.1, -0.05) is 24.3 Å². The van der Waals surface area contributed by atoms with E-state index in [4.69, 9.17) is 9.84 Å².